The Balaban J connectivity index is 1.40. The number of nitrogens with zero attached hydrogens (tertiary/aromatic N) is 4. The normalized spacial score (nSPS) is 11.1. The van der Waals surface area contributed by atoms with E-state index < -0.39 is 0 Å². The fourth-order valence-electron chi connectivity index (χ4n) is 3.12. The maximum atomic E-state index is 12.2. The minimum Gasteiger partial charge on any atom is -0.441 e. The van der Waals surface area contributed by atoms with Gasteiger partial charge in [0.1, 0.15) is 0 Å². The van der Waals surface area contributed by atoms with Crippen molar-refractivity contribution in [3.05, 3.63) is 54.8 Å². The van der Waals surface area contributed by atoms with Gasteiger partial charge in [-0.05, 0) is 19.5 Å². The number of aromatic nitrogens is 3. The van der Waals surface area contributed by atoms with Gasteiger partial charge in [-0.3, -0.25) is 9.48 Å². The van der Waals surface area contributed by atoms with Crippen LogP contribution in [0, 0.1) is 0 Å². The fourth-order valence-corrected chi connectivity index (χ4v) is 3.12. The Labute approximate surface area is 171 Å². The van der Waals surface area contributed by atoms with Crippen molar-refractivity contribution in [3.63, 3.8) is 0 Å². The number of anilines is 1. The summed E-state index contributed by atoms with van der Waals surface area (Å²) in [6, 6.07) is 9.87. The van der Waals surface area contributed by atoms with Crippen LogP contribution in [0.2, 0.25) is 0 Å². The van der Waals surface area contributed by atoms with E-state index in [1.165, 1.54) is 0 Å². The van der Waals surface area contributed by atoms with Gasteiger partial charge in [0.05, 0.1) is 24.6 Å². The molecule has 0 spiro atoms. The Morgan fingerprint density at radius 3 is 2.72 bits per heavy atom. The predicted octanol–water partition coefficient (Wildman–Crippen LogP) is 3.84. The van der Waals surface area contributed by atoms with Crippen LogP contribution in [0.1, 0.15) is 32.6 Å². The maximum absolute atomic E-state index is 12.2. The Kier molecular flexibility index (Phi) is 7.58. The van der Waals surface area contributed by atoms with E-state index in [0.717, 1.165) is 43.2 Å². The Bertz CT molecular complexity index is 884. The highest BCUT2D eigenvalue weighted by atomic mass is 16.4. The summed E-state index contributed by atoms with van der Waals surface area (Å²) in [6.45, 7) is 8.12. The summed E-state index contributed by atoms with van der Waals surface area (Å²) in [5.74, 6) is 1.38. The van der Waals surface area contributed by atoms with Gasteiger partial charge in [0.25, 0.3) is 0 Å². The van der Waals surface area contributed by atoms with Gasteiger partial charge in [-0.15, -0.1) is 0 Å². The molecular weight excluding hydrogens is 366 g/mol. The summed E-state index contributed by atoms with van der Waals surface area (Å²) in [5, 5.41) is 7.23. The number of carbonyl (C=O) groups excluding carboxylic acids is 1. The van der Waals surface area contributed by atoms with Crippen molar-refractivity contribution in [2.24, 2.45) is 0 Å². The number of hydrogen-bond donors (Lipinski definition) is 1. The molecule has 0 aliphatic carbocycles. The number of likely N-dealkylation sites (N-methyl/N-ethyl adjacent to an activating group) is 1. The zero-order chi connectivity index (χ0) is 20.5. The molecule has 1 N–H and O–H groups in total. The fraction of sp³-hybridized carbons (Fsp3) is 0.409. The van der Waals surface area contributed by atoms with E-state index in [9.17, 15) is 4.79 Å². The van der Waals surface area contributed by atoms with Crippen LogP contribution < -0.4 is 5.32 Å². The number of nitrogens with one attached hydrogen (secondary N) is 1. The first-order valence-electron chi connectivity index (χ1n) is 10.2. The van der Waals surface area contributed by atoms with Crippen molar-refractivity contribution in [1.29, 1.82) is 0 Å². The number of amides is 1. The number of rotatable bonds is 11. The van der Waals surface area contributed by atoms with Gasteiger partial charge in [-0.2, -0.15) is 5.10 Å². The maximum Gasteiger partial charge on any atom is 0.224 e. The van der Waals surface area contributed by atoms with E-state index in [4.69, 9.17) is 4.42 Å². The third-order valence-electron chi connectivity index (χ3n) is 4.86. The molecule has 0 radical (unpaired) electrons. The number of aryl methyl sites for hydroxylation is 1. The largest absolute Gasteiger partial charge is 0.441 e. The van der Waals surface area contributed by atoms with Crippen LogP contribution in [0.25, 0.3) is 11.3 Å². The molecule has 3 rings (SSSR count). The molecule has 2 heterocycles. The second-order valence-corrected chi connectivity index (χ2v) is 6.90. The van der Waals surface area contributed by atoms with Crippen molar-refractivity contribution >= 4 is 11.6 Å². The lowest BCUT2D eigenvalue weighted by Crippen LogP contribution is -2.27. The summed E-state index contributed by atoms with van der Waals surface area (Å²) >= 11 is 0. The van der Waals surface area contributed by atoms with Crippen LogP contribution in [0.4, 0.5) is 5.69 Å². The first-order valence-corrected chi connectivity index (χ1v) is 10.2. The minimum atomic E-state index is -0.0249. The summed E-state index contributed by atoms with van der Waals surface area (Å²) in [5.41, 5.74) is 1.74. The molecule has 0 fully saturated rings. The molecule has 0 saturated heterocycles. The molecular formula is C22H29N5O2. The molecule has 1 aromatic carbocycles. The van der Waals surface area contributed by atoms with E-state index in [1.54, 1.807) is 12.4 Å². The molecule has 0 bridgehead atoms. The van der Waals surface area contributed by atoms with Gasteiger partial charge in [0.2, 0.25) is 5.91 Å². The van der Waals surface area contributed by atoms with Gasteiger partial charge < -0.3 is 14.6 Å². The average Bonchev–Trinajstić information content (AvgIpc) is 3.39. The zero-order valence-electron chi connectivity index (χ0n) is 17.2. The highest BCUT2D eigenvalue weighted by molar-refractivity contribution is 5.90. The Hall–Kier alpha value is -2.93. The van der Waals surface area contributed by atoms with E-state index in [1.807, 2.05) is 41.2 Å². The monoisotopic (exact) mass is 395 g/mol. The molecule has 7 heteroatoms. The van der Waals surface area contributed by atoms with Crippen LogP contribution in [0.5, 0.6) is 0 Å². The lowest BCUT2D eigenvalue weighted by molar-refractivity contribution is -0.116. The first kappa shape index (κ1) is 20.8. The second kappa shape index (κ2) is 10.6. The molecule has 1 amide bonds. The van der Waals surface area contributed by atoms with Crippen LogP contribution in [-0.2, 0) is 17.8 Å². The second-order valence-electron chi connectivity index (χ2n) is 6.90. The van der Waals surface area contributed by atoms with Gasteiger partial charge in [-0.1, -0.05) is 44.2 Å². The topological polar surface area (TPSA) is 76.2 Å². The lowest BCUT2D eigenvalue weighted by Gasteiger charge is -2.17. The van der Waals surface area contributed by atoms with Gasteiger partial charge in [0, 0.05) is 31.1 Å². The standard InChI is InChI=1S/C22H29N5O2/c1-3-26(4-2)13-14-27-17-19(15-24-27)25-21(28)11-8-12-22-23-16-20(29-22)18-9-6-5-7-10-18/h5-7,9-10,15-17H,3-4,8,11-14H2,1-2H3,(H,25,28). The molecule has 0 atom stereocenters. The number of benzene rings is 1. The van der Waals surface area contributed by atoms with Gasteiger partial charge in [0.15, 0.2) is 11.7 Å². The van der Waals surface area contributed by atoms with E-state index >= 15 is 0 Å². The van der Waals surface area contributed by atoms with E-state index in [2.05, 4.69) is 34.1 Å². The molecule has 0 aliphatic rings. The Morgan fingerprint density at radius 1 is 1.17 bits per heavy atom. The average molecular weight is 396 g/mol. The molecule has 29 heavy (non-hydrogen) atoms. The Morgan fingerprint density at radius 2 is 1.97 bits per heavy atom. The predicted molar refractivity (Wildman–Crippen MR) is 114 cm³/mol. The number of hydrogen-bond acceptors (Lipinski definition) is 5. The third-order valence-corrected chi connectivity index (χ3v) is 4.86. The van der Waals surface area contributed by atoms with Crippen molar-refractivity contribution in [3.8, 4) is 11.3 Å². The van der Waals surface area contributed by atoms with E-state index in [-0.39, 0.29) is 5.91 Å². The van der Waals surface area contributed by atoms with Crippen molar-refractivity contribution in [2.75, 3.05) is 25.0 Å². The third kappa shape index (κ3) is 6.29. The molecule has 7 nitrogen and oxygen atoms in total. The van der Waals surface area contributed by atoms with Crippen molar-refractivity contribution < 1.29 is 9.21 Å². The summed E-state index contributed by atoms with van der Waals surface area (Å²) in [4.78, 5) is 18.8. The number of oxazole rings is 1. The smallest absolute Gasteiger partial charge is 0.224 e. The molecule has 0 aliphatic heterocycles. The van der Waals surface area contributed by atoms with Crippen molar-refractivity contribution in [1.82, 2.24) is 19.7 Å². The van der Waals surface area contributed by atoms with Crippen LogP contribution in [-0.4, -0.2) is 45.2 Å². The number of carbonyl (C=O) groups is 1. The molecule has 0 saturated carbocycles. The molecule has 3 aromatic rings. The van der Waals surface area contributed by atoms with Gasteiger partial charge in [-0.25, -0.2) is 4.98 Å². The molecule has 0 unspecified atom stereocenters. The lowest BCUT2D eigenvalue weighted by atomic mass is 10.2. The summed E-state index contributed by atoms with van der Waals surface area (Å²) < 4.78 is 7.64. The van der Waals surface area contributed by atoms with Gasteiger partial charge >= 0.3 is 0 Å². The first-order chi connectivity index (χ1) is 14.2. The molecule has 2 aromatic heterocycles. The SMILES string of the molecule is CCN(CC)CCn1cc(NC(=O)CCCc2ncc(-c3ccccc3)o2)cn1. The van der Waals surface area contributed by atoms with Crippen LogP contribution in [0.3, 0.4) is 0 Å². The quantitative estimate of drug-likeness (QED) is 0.534. The highest BCUT2D eigenvalue weighted by Crippen LogP contribution is 2.20. The van der Waals surface area contributed by atoms with E-state index in [0.29, 0.717) is 25.2 Å². The molecule has 154 valence electrons. The zero-order valence-corrected chi connectivity index (χ0v) is 17.2. The van der Waals surface area contributed by atoms with Crippen molar-refractivity contribution in [2.45, 2.75) is 39.7 Å². The summed E-state index contributed by atoms with van der Waals surface area (Å²) in [7, 11) is 0. The summed E-state index contributed by atoms with van der Waals surface area (Å²) in [6.07, 6.45) is 7.02. The van der Waals surface area contributed by atoms with Crippen LogP contribution >= 0.6 is 0 Å². The minimum absolute atomic E-state index is 0.0249. The highest BCUT2D eigenvalue weighted by Gasteiger charge is 2.09. The van der Waals surface area contributed by atoms with Crippen LogP contribution in [0.15, 0.2) is 53.3 Å².